The highest BCUT2D eigenvalue weighted by molar-refractivity contribution is 5.77. The van der Waals surface area contributed by atoms with Crippen molar-refractivity contribution in [2.75, 3.05) is 26.6 Å². The van der Waals surface area contributed by atoms with Crippen LogP contribution in [0.3, 0.4) is 0 Å². The maximum Gasteiger partial charge on any atom is 0.226 e. The normalized spacial score (nSPS) is 15.4. The van der Waals surface area contributed by atoms with Crippen molar-refractivity contribution >= 4 is 11.6 Å². The summed E-state index contributed by atoms with van der Waals surface area (Å²) in [6.07, 6.45) is 3.63. The molecule has 1 aliphatic rings. The summed E-state index contributed by atoms with van der Waals surface area (Å²) in [5, 5.41) is 7.72. The number of benzene rings is 2. The van der Waals surface area contributed by atoms with Crippen molar-refractivity contribution in [3.63, 3.8) is 0 Å². The van der Waals surface area contributed by atoms with E-state index in [2.05, 4.69) is 21.5 Å². The average molecular weight is 364 g/mol. The number of methoxy groups -OCH3 is 3. The molecule has 0 saturated heterocycles. The fraction of sp³-hybridized carbons (Fsp3) is 0.200. The number of fused-ring (bicyclic) bond motifs is 1. The van der Waals surface area contributed by atoms with E-state index in [0.29, 0.717) is 5.95 Å². The van der Waals surface area contributed by atoms with Gasteiger partial charge < -0.3 is 19.5 Å². The molecule has 27 heavy (non-hydrogen) atoms. The van der Waals surface area contributed by atoms with Crippen molar-refractivity contribution < 1.29 is 14.2 Å². The van der Waals surface area contributed by atoms with Gasteiger partial charge >= 0.3 is 0 Å². The van der Waals surface area contributed by atoms with Gasteiger partial charge in [0.1, 0.15) is 29.6 Å². The van der Waals surface area contributed by atoms with E-state index >= 15 is 0 Å². The summed E-state index contributed by atoms with van der Waals surface area (Å²) < 4.78 is 18.1. The minimum Gasteiger partial charge on any atom is -0.497 e. The standard InChI is InChI=1S/C20H20N4O3/c1-25-14-6-4-5-13(9-14)17-11-18(24-20(23-17)21-12-22-24)16-8-7-15(26-2)10-19(16)27-3/h4-12,18H,1-3H3,(H,21,22,23)/t18-/m0/s1. The molecule has 0 saturated carbocycles. The van der Waals surface area contributed by atoms with E-state index in [-0.39, 0.29) is 6.04 Å². The van der Waals surface area contributed by atoms with Crippen molar-refractivity contribution in [2.24, 2.45) is 0 Å². The topological polar surface area (TPSA) is 70.4 Å². The minimum atomic E-state index is -0.175. The zero-order chi connectivity index (χ0) is 18.8. The Kier molecular flexibility index (Phi) is 4.42. The van der Waals surface area contributed by atoms with Gasteiger partial charge in [0.25, 0.3) is 0 Å². The second-order valence-electron chi connectivity index (χ2n) is 6.02. The zero-order valence-electron chi connectivity index (χ0n) is 15.3. The molecule has 0 unspecified atom stereocenters. The predicted octanol–water partition coefficient (Wildman–Crippen LogP) is 3.36. The fourth-order valence-corrected chi connectivity index (χ4v) is 3.18. The quantitative estimate of drug-likeness (QED) is 0.749. The van der Waals surface area contributed by atoms with Gasteiger partial charge in [-0.15, -0.1) is 0 Å². The molecule has 0 bridgehead atoms. The van der Waals surface area contributed by atoms with Crippen LogP contribution in [0, 0.1) is 0 Å². The van der Waals surface area contributed by atoms with Crippen molar-refractivity contribution in [3.05, 3.63) is 66.0 Å². The minimum absolute atomic E-state index is 0.175. The van der Waals surface area contributed by atoms with Crippen LogP contribution >= 0.6 is 0 Å². The maximum atomic E-state index is 5.60. The molecule has 1 aromatic heterocycles. The van der Waals surface area contributed by atoms with Crippen molar-refractivity contribution in [1.82, 2.24) is 14.8 Å². The smallest absolute Gasteiger partial charge is 0.226 e. The Labute approximate surface area is 157 Å². The Balaban J connectivity index is 1.82. The second kappa shape index (κ2) is 7.03. The number of hydrogen-bond donors (Lipinski definition) is 1. The number of rotatable bonds is 5. The molecule has 0 spiro atoms. The number of nitrogens with zero attached hydrogens (tertiary/aromatic N) is 3. The summed E-state index contributed by atoms with van der Waals surface area (Å²) >= 11 is 0. The van der Waals surface area contributed by atoms with Crippen LogP contribution < -0.4 is 19.5 Å². The Morgan fingerprint density at radius 3 is 2.56 bits per heavy atom. The Morgan fingerprint density at radius 2 is 1.78 bits per heavy atom. The highest BCUT2D eigenvalue weighted by Gasteiger charge is 2.26. The van der Waals surface area contributed by atoms with Crippen LogP contribution in [0.5, 0.6) is 17.2 Å². The molecule has 7 heteroatoms. The summed E-state index contributed by atoms with van der Waals surface area (Å²) in [4.78, 5) is 4.34. The van der Waals surface area contributed by atoms with E-state index in [1.165, 1.54) is 6.33 Å². The number of anilines is 1. The third-order valence-corrected chi connectivity index (χ3v) is 4.55. The largest absolute Gasteiger partial charge is 0.497 e. The van der Waals surface area contributed by atoms with Crippen molar-refractivity contribution in [1.29, 1.82) is 0 Å². The zero-order valence-corrected chi connectivity index (χ0v) is 15.3. The van der Waals surface area contributed by atoms with E-state index in [1.807, 2.05) is 47.1 Å². The summed E-state index contributed by atoms with van der Waals surface area (Å²) in [5.74, 6) is 2.92. The Hall–Kier alpha value is -3.48. The van der Waals surface area contributed by atoms with Crippen LogP contribution in [0.2, 0.25) is 0 Å². The number of aromatic nitrogens is 3. The van der Waals surface area contributed by atoms with E-state index in [1.54, 1.807) is 21.3 Å². The van der Waals surface area contributed by atoms with Gasteiger partial charge in [0.2, 0.25) is 5.95 Å². The predicted molar refractivity (Wildman–Crippen MR) is 102 cm³/mol. The number of nitrogens with one attached hydrogen (secondary N) is 1. The van der Waals surface area contributed by atoms with E-state index < -0.39 is 0 Å². The van der Waals surface area contributed by atoms with Gasteiger partial charge in [-0.05, 0) is 30.3 Å². The fourth-order valence-electron chi connectivity index (χ4n) is 3.18. The first-order valence-corrected chi connectivity index (χ1v) is 8.48. The van der Waals surface area contributed by atoms with Crippen LogP contribution in [0.25, 0.3) is 5.70 Å². The molecule has 0 aliphatic carbocycles. The monoisotopic (exact) mass is 364 g/mol. The molecule has 0 amide bonds. The van der Waals surface area contributed by atoms with Gasteiger partial charge in [0.15, 0.2) is 0 Å². The second-order valence-corrected chi connectivity index (χ2v) is 6.02. The van der Waals surface area contributed by atoms with Gasteiger partial charge in [-0.1, -0.05) is 12.1 Å². The molecule has 138 valence electrons. The molecule has 2 heterocycles. The molecule has 7 nitrogen and oxygen atoms in total. The molecular weight excluding hydrogens is 344 g/mol. The molecule has 1 N–H and O–H groups in total. The number of ether oxygens (including phenoxy) is 3. The number of allylic oxidation sites excluding steroid dienone is 1. The Morgan fingerprint density at radius 1 is 0.963 bits per heavy atom. The van der Waals surface area contributed by atoms with Crippen molar-refractivity contribution in [2.45, 2.75) is 6.04 Å². The molecule has 0 radical (unpaired) electrons. The molecule has 0 fully saturated rings. The lowest BCUT2D eigenvalue weighted by atomic mass is 10.0. The molecule has 4 rings (SSSR count). The first-order chi connectivity index (χ1) is 13.2. The lowest BCUT2D eigenvalue weighted by Crippen LogP contribution is -2.20. The first-order valence-electron chi connectivity index (χ1n) is 8.48. The summed E-state index contributed by atoms with van der Waals surface area (Å²) in [6.45, 7) is 0. The van der Waals surface area contributed by atoms with Gasteiger partial charge in [-0.25, -0.2) is 4.68 Å². The molecule has 1 aliphatic heterocycles. The highest BCUT2D eigenvalue weighted by atomic mass is 16.5. The third kappa shape index (κ3) is 3.08. The maximum absolute atomic E-state index is 5.60. The molecule has 1 atom stereocenters. The summed E-state index contributed by atoms with van der Waals surface area (Å²) in [6, 6.07) is 13.5. The Bertz CT molecular complexity index is 996. The van der Waals surface area contributed by atoms with Crippen LogP contribution in [-0.4, -0.2) is 36.1 Å². The first kappa shape index (κ1) is 17.0. The van der Waals surface area contributed by atoms with E-state index in [9.17, 15) is 0 Å². The molecule has 3 aromatic rings. The third-order valence-electron chi connectivity index (χ3n) is 4.55. The van der Waals surface area contributed by atoms with Crippen LogP contribution in [-0.2, 0) is 0 Å². The highest BCUT2D eigenvalue weighted by Crippen LogP contribution is 2.37. The summed E-state index contributed by atoms with van der Waals surface area (Å²) in [5.41, 5.74) is 2.89. The van der Waals surface area contributed by atoms with Gasteiger partial charge in [-0.3, -0.25) is 0 Å². The lowest BCUT2D eigenvalue weighted by molar-refractivity contribution is 0.387. The number of hydrogen-bond acceptors (Lipinski definition) is 6. The summed E-state index contributed by atoms with van der Waals surface area (Å²) in [7, 11) is 4.94. The van der Waals surface area contributed by atoms with Crippen LogP contribution in [0.1, 0.15) is 17.2 Å². The van der Waals surface area contributed by atoms with Gasteiger partial charge in [0, 0.05) is 22.9 Å². The molecular formula is C20H20N4O3. The van der Waals surface area contributed by atoms with Gasteiger partial charge in [-0.2, -0.15) is 10.1 Å². The SMILES string of the molecule is COc1cccc(C2=C[C@@H](c3ccc(OC)cc3OC)n3ncnc3N2)c1. The van der Waals surface area contributed by atoms with Gasteiger partial charge in [0.05, 0.1) is 21.3 Å². The van der Waals surface area contributed by atoms with E-state index in [0.717, 1.165) is 34.1 Å². The molecule has 2 aromatic carbocycles. The van der Waals surface area contributed by atoms with Crippen LogP contribution in [0.15, 0.2) is 54.9 Å². The van der Waals surface area contributed by atoms with Crippen molar-refractivity contribution in [3.8, 4) is 17.2 Å². The van der Waals surface area contributed by atoms with E-state index in [4.69, 9.17) is 14.2 Å². The van der Waals surface area contributed by atoms with Crippen LogP contribution in [0.4, 0.5) is 5.95 Å². The average Bonchev–Trinajstić information content (AvgIpc) is 3.21. The lowest BCUT2D eigenvalue weighted by Gasteiger charge is -2.25.